The lowest BCUT2D eigenvalue weighted by Crippen LogP contribution is -2.68. The summed E-state index contributed by atoms with van der Waals surface area (Å²) in [7, 11) is 0. The predicted octanol–water partition coefficient (Wildman–Crippen LogP) is 0.313. The fourth-order valence-electron chi connectivity index (χ4n) is 8.24. The number of rotatable bonds is 11. The number of hydrogen-bond donors (Lipinski definition) is 8. The number of aliphatic hydroxyl groups excluding tert-OH is 3. The number of hydrogen-bond acceptors (Lipinski definition) is 11. The van der Waals surface area contributed by atoms with E-state index in [1.807, 2.05) is 0 Å². The number of benzene rings is 1. The van der Waals surface area contributed by atoms with Crippen LogP contribution in [0.3, 0.4) is 0 Å². The molecule has 2 amide bonds. The van der Waals surface area contributed by atoms with E-state index < -0.39 is 65.9 Å². The van der Waals surface area contributed by atoms with E-state index in [0.717, 1.165) is 30.9 Å². The van der Waals surface area contributed by atoms with Crippen molar-refractivity contribution < 1.29 is 49.4 Å². The van der Waals surface area contributed by atoms with Crippen molar-refractivity contribution in [2.45, 2.75) is 120 Å². The molecule has 1 spiro atoms. The second-order valence-electron chi connectivity index (χ2n) is 15.1. The minimum Gasteiger partial charge on any atom is -0.507 e. The van der Waals surface area contributed by atoms with Crippen molar-refractivity contribution in [2.75, 3.05) is 45.9 Å². The second-order valence-corrected chi connectivity index (χ2v) is 15.5. The zero-order valence-corrected chi connectivity index (χ0v) is 31.1. The lowest BCUT2D eigenvalue weighted by molar-refractivity contribution is -0.231. The molecule has 0 unspecified atom stereocenters. The third-order valence-electron chi connectivity index (χ3n) is 11.3. The molecule has 3 aliphatic heterocycles. The molecule has 15 nitrogen and oxygen atoms in total. The zero-order valence-electron chi connectivity index (χ0n) is 30.3. The molecule has 4 aliphatic rings. The van der Waals surface area contributed by atoms with E-state index in [4.69, 9.17) is 21.7 Å². The molecule has 1 saturated carbocycles. The van der Waals surface area contributed by atoms with Crippen molar-refractivity contribution in [3.8, 4) is 5.75 Å². The van der Waals surface area contributed by atoms with Crippen LogP contribution in [0.25, 0.3) is 0 Å². The van der Waals surface area contributed by atoms with E-state index in [-0.39, 0.29) is 30.7 Å². The van der Waals surface area contributed by atoms with E-state index in [9.17, 15) is 39.9 Å². The topological polar surface area (TPSA) is 213 Å². The average Bonchev–Trinajstić information content (AvgIpc) is 3.54. The summed E-state index contributed by atoms with van der Waals surface area (Å²) in [4.78, 5) is 42.5. The van der Waals surface area contributed by atoms with Gasteiger partial charge in [-0.15, -0.1) is 0 Å². The second kappa shape index (κ2) is 16.9. The van der Waals surface area contributed by atoms with Crippen LogP contribution < -0.4 is 16.0 Å². The summed E-state index contributed by atoms with van der Waals surface area (Å²) in [6.45, 7) is 7.13. The lowest BCUT2D eigenvalue weighted by atomic mass is 9.81. The molecule has 3 saturated heterocycles. The van der Waals surface area contributed by atoms with Gasteiger partial charge in [-0.3, -0.25) is 14.5 Å². The zero-order chi connectivity index (χ0) is 37.8. The van der Waals surface area contributed by atoms with Gasteiger partial charge in [0.25, 0.3) is 5.91 Å². The number of phenols is 1. The van der Waals surface area contributed by atoms with Crippen molar-refractivity contribution >= 4 is 35.1 Å². The van der Waals surface area contributed by atoms with Crippen LogP contribution in [-0.2, 0) is 19.1 Å². The number of aryl methyl sites for hydroxylation is 2. The largest absolute Gasteiger partial charge is 0.507 e. The summed E-state index contributed by atoms with van der Waals surface area (Å²) in [6, 6.07) is 2.09. The Morgan fingerprint density at radius 2 is 1.77 bits per heavy atom. The number of thiocarbonyl (C=S) groups is 1. The van der Waals surface area contributed by atoms with Gasteiger partial charge in [-0.1, -0.05) is 19.3 Å². The maximum atomic E-state index is 13.0. The number of aliphatic hydroxyl groups is 3. The Balaban J connectivity index is 1.28. The summed E-state index contributed by atoms with van der Waals surface area (Å²) >= 11 is 5.81. The summed E-state index contributed by atoms with van der Waals surface area (Å²) < 4.78 is 12.1. The van der Waals surface area contributed by atoms with Gasteiger partial charge in [0.15, 0.2) is 10.7 Å². The molecule has 0 radical (unpaired) electrons. The summed E-state index contributed by atoms with van der Waals surface area (Å²) in [5, 5.41) is 63.8. The summed E-state index contributed by atoms with van der Waals surface area (Å²) in [6.07, 6.45) is -0.324. The quantitative estimate of drug-likeness (QED) is 0.143. The lowest BCUT2D eigenvalue weighted by Gasteiger charge is -2.49. The average molecular weight is 750 g/mol. The van der Waals surface area contributed by atoms with Gasteiger partial charge in [0.2, 0.25) is 5.91 Å². The van der Waals surface area contributed by atoms with Gasteiger partial charge >= 0.3 is 5.97 Å². The Morgan fingerprint density at radius 1 is 1.08 bits per heavy atom. The third kappa shape index (κ3) is 8.97. The number of aliphatic carboxylic acids is 1. The highest BCUT2D eigenvalue weighted by atomic mass is 32.1. The highest BCUT2D eigenvalue weighted by molar-refractivity contribution is 7.80. The number of carbonyl (C=O) groups excluding carboxylic acids is 2. The maximum absolute atomic E-state index is 13.0. The van der Waals surface area contributed by atoms with Gasteiger partial charge in [-0.05, 0) is 68.6 Å². The molecular weight excluding hydrogens is 694 g/mol. The predicted molar refractivity (Wildman–Crippen MR) is 194 cm³/mol. The standard InChI is InChI=1S/C36H55N5O10S/c1-21-15-24(16-22(2)29(21)45)32(47)37-18-27(44)30(46)31-28(38-23(3)42)26(43)17-36(51-31,33(48)49)10-12-41-13-14-50-20-35(41)9-11-40(19-35)34(52)39-25-7-5-4-6-8-25/h15-16,25-28,30-31,43-46H,4-14,17-20H2,1-3H3,(H,37,47)(H,38,42)(H,39,52)(H,48,49)/t26-,27+,28+,30+,31+,35-,36+/m0/s1. The van der Waals surface area contributed by atoms with Crippen LogP contribution in [0.15, 0.2) is 12.1 Å². The van der Waals surface area contributed by atoms with E-state index in [1.165, 1.54) is 38.3 Å². The Morgan fingerprint density at radius 3 is 2.42 bits per heavy atom. The number of carboxylic acid groups (broad SMARTS) is 1. The van der Waals surface area contributed by atoms with Gasteiger partial charge in [-0.2, -0.15) is 0 Å². The first-order chi connectivity index (χ1) is 24.6. The molecule has 52 heavy (non-hydrogen) atoms. The first kappa shape index (κ1) is 40.1. The number of likely N-dealkylation sites (tertiary alicyclic amines) is 1. The van der Waals surface area contributed by atoms with Crippen molar-refractivity contribution in [1.82, 2.24) is 25.8 Å². The molecular formula is C36H55N5O10S. The Bertz CT molecular complexity index is 1460. The van der Waals surface area contributed by atoms with Crippen LogP contribution in [0, 0.1) is 13.8 Å². The normalized spacial score (nSPS) is 29.7. The number of nitrogens with zero attached hydrogens (tertiary/aromatic N) is 2. The number of amides is 2. The van der Waals surface area contributed by atoms with Crippen LogP contribution in [0.5, 0.6) is 5.75 Å². The van der Waals surface area contributed by atoms with Crippen molar-refractivity contribution in [2.24, 2.45) is 0 Å². The molecule has 5 rings (SSSR count). The Kier molecular flexibility index (Phi) is 13.0. The Labute approximate surface area is 310 Å². The van der Waals surface area contributed by atoms with Gasteiger partial charge in [0.05, 0.1) is 37.0 Å². The van der Waals surface area contributed by atoms with Gasteiger partial charge < -0.3 is 55.9 Å². The highest BCUT2D eigenvalue weighted by Crippen LogP contribution is 2.38. The number of carboxylic acids is 1. The number of aromatic hydroxyl groups is 1. The van der Waals surface area contributed by atoms with Crippen LogP contribution in [0.1, 0.15) is 79.8 Å². The van der Waals surface area contributed by atoms with E-state index >= 15 is 0 Å². The van der Waals surface area contributed by atoms with Crippen LogP contribution in [0.2, 0.25) is 0 Å². The summed E-state index contributed by atoms with van der Waals surface area (Å²) in [5.41, 5.74) is -1.18. The van der Waals surface area contributed by atoms with E-state index in [1.54, 1.807) is 13.8 Å². The van der Waals surface area contributed by atoms with Crippen molar-refractivity contribution in [3.63, 3.8) is 0 Å². The first-order valence-corrected chi connectivity index (χ1v) is 18.7. The minimum atomic E-state index is -1.97. The van der Waals surface area contributed by atoms with Crippen molar-refractivity contribution in [3.05, 3.63) is 28.8 Å². The van der Waals surface area contributed by atoms with Gasteiger partial charge in [-0.25, -0.2) is 4.79 Å². The van der Waals surface area contributed by atoms with Crippen LogP contribution in [0.4, 0.5) is 0 Å². The van der Waals surface area contributed by atoms with Crippen LogP contribution >= 0.6 is 12.2 Å². The molecule has 7 atom stereocenters. The van der Waals surface area contributed by atoms with E-state index in [0.29, 0.717) is 43.5 Å². The summed E-state index contributed by atoms with van der Waals surface area (Å²) in [5.74, 6) is -2.41. The van der Waals surface area contributed by atoms with Crippen LogP contribution in [-0.4, -0.2) is 152 Å². The number of carbonyl (C=O) groups is 3. The molecule has 1 aromatic rings. The number of morpholine rings is 1. The first-order valence-electron chi connectivity index (χ1n) is 18.3. The number of ether oxygens (including phenoxy) is 2. The number of nitrogens with one attached hydrogen (secondary N) is 3. The third-order valence-corrected chi connectivity index (χ3v) is 11.6. The molecule has 16 heteroatoms. The fourth-order valence-corrected chi connectivity index (χ4v) is 8.56. The van der Waals surface area contributed by atoms with Gasteiger partial charge in [0, 0.05) is 64.1 Å². The molecule has 0 bridgehead atoms. The molecule has 0 aromatic heterocycles. The fraction of sp³-hybridized carbons (Fsp3) is 0.722. The minimum absolute atomic E-state index is 0.0612. The smallest absolute Gasteiger partial charge is 0.336 e. The molecule has 1 aliphatic carbocycles. The molecule has 3 heterocycles. The molecule has 290 valence electrons. The molecule has 1 aromatic carbocycles. The molecule has 4 fully saturated rings. The SMILES string of the molecule is CC(=O)N[C@H]1[C@H]([C@H](O)[C@H](O)CNC(=O)c2cc(C)c(O)c(C)c2)O[C@@](CCN2CCOC[C@@]23CCN(C(=S)NC2CCCCC2)C3)(C(=O)O)C[C@@H]1O. The number of phenolic OH excluding ortho intramolecular Hbond substituents is 1. The maximum Gasteiger partial charge on any atom is 0.336 e. The van der Waals surface area contributed by atoms with Crippen molar-refractivity contribution in [1.29, 1.82) is 0 Å². The Hall–Kier alpha value is -3.12. The molecule has 8 N–H and O–H groups in total. The van der Waals surface area contributed by atoms with E-state index in [2.05, 4.69) is 25.8 Å². The monoisotopic (exact) mass is 749 g/mol. The highest BCUT2D eigenvalue weighted by Gasteiger charge is 2.55. The van der Waals surface area contributed by atoms with Gasteiger partial charge in [0.1, 0.15) is 18.0 Å².